The van der Waals surface area contributed by atoms with E-state index >= 15 is 13.2 Å². The summed E-state index contributed by atoms with van der Waals surface area (Å²) >= 11 is 0. The van der Waals surface area contributed by atoms with Gasteiger partial charge in [-0.3, -0.25) is 19.4 Å². The predicted octanol–water partition coefficient (Wildman–Crippen LogP) is 5.95. The van der Waals surface area contributed by atoms with Crippen LogP contribution in [0.5, 0.6) is 0 Å². The second kappa shape index (κ2) is 13.0. The van der Waals surface area contributed by atoms with E-state index in [0.29, 0.717) is 16.3 Å². The number of benzene rings is 2. The summed E-state index contributed by atoms with van der Waals surface area (Å²) in [6, 6.07) is 5.88. The van der Waals surface area contributed by atoms with E-state index in [-0.39, 0.29) is 46.3 Å². The highest BCUT2D eigenvalue weighted by Crippen LogP contribution is 2.68. The third kappa shape index (κ3) is 6.61. The molecule has 0 aliphatic heterocycles. The predicted molar refractivity (Wildman–Crippen MR) is 174 cm³/mol. The highest BCUT2D eigenvalue weighted by molar-refractivity contribution is 7.90. The topological polar surface area (TPSA) is 152 Å². The second-order valence-corrected chi connectivity index (χ2v) is 15.5. The van der Waals surface area contributed by atoms with Gasteiger partial charge in [0, 0.05) is 23.1 Å². The van der Waals surface area contributed by atoms with E-state index in [0.717, 1.165) is 24.3 Å². The average Bonchev–Trinajstić information content (AvgIpc) is 3.48. The van der Waals surface area contributed by atoms with Crippen molar-refractivity contribution < 1.29 is 48.7 Å². The lowest BCUT2D eigenvalue weighted by atomic mass is 9.94. The maximum Gasteiger partial charge on any atom is 0.293 e. The number of rotatable bonds is 11. The summed E-state index contributed by atoms with van der Waals surface area (Å²) in [5.74, 6) is -10.8. The Morgan fingerprint density at radius 1 is 1.04 bits per heavy atom. The molecule has 3 N–H and O–H groups in total. The Balaban J connectivity index is 1.31. The second-order valence-electron chi connectivity index (χ2n) is 13.2. The molecule has 5 aromatic rings. The standard InChI is InChI=1S/C34H28F7N7O4S/c1-14(2)53(51,52)47-33(50)21-8-16(3-4-23(21)37)19-11-24-26(12-42-45-24)44-29(19)25(7-15-5-17(35)9-18(36)6-15)43-27(49)13-48-31-28(30(46-48)32(38)39)20-10-22(20)34(31,40)41/h3-6,8-9,11-12,14,20,22,25,32H,7,10,13H2,1-2H3,(H,42,45)(H,43,49)(H,47,50)/t20-,22+,25?/m0/s1. The van der Waals surface area contributed by atoms with E-state index in [9.17, 15) is 35.6 Å². The number of nitrogens with one attached hydrogen (secondary N) is 3. The van der Waals surface area contributed by atoms with Crippen molar-refractivity contribution in [2.45, 2.75) is 62.8 Å². The fraction of sp³-hybridized carbons (Fsp3) is 0.324. The molecule has 278 valence electrons. The van der Waals surface area contributed by atoms with Gasteiger partial charge in [-0.1, -0.05) is 6.07 Å². The minimum absolute atomic E-state index is 0.00904. The molecule has 2 aromatic carbocycles. The van der Waals surface area contributed by atoms with Gasteiger partial charge in [0.05, 0.1) is 34.3 Å². The first-order valence-corrected chi connectivity index (χ1v) is 17.7. The van der Waals surface area contributed by atoms with Crippen LogP contribution in [0.4, 0.5) is 30.7 Å². The van der Waals surface area contributed by atoms with Gasteiger partial charge in [-0.2, -0.15) is 19.0 Å². The molecule has 2 aliphatic rings. The van der Waals surface area contributed by atoms with Crippen LogP contribution in [0.1, 0.15) is 77.2 Å². The summed E-state index contributed by atoms with van der Waals surface area (Å²) in [7, 11) is -4.18. The van der Waals surface area contributed by atoms with Gasteiger partial charge >= 0.3 is 0 Å². The number of nitrogens with zero attached hydrogens (tertiary/aromatic N) is 4. The van der Waals surface area contributed by atoms with Crippen molar-refractivity contribution in [2.75, 3.05) is 0 Å². The molecule has 53 heavy (non-hydrogen) atoms. The number of hydrogen-bond donors (Lipinski definition) is 3. The van der Waals surface area contributed by atoms with Crippen molar-refractivity contribution in [1.82, 2.24) is 35.0 Å². The largest absolute Gasteiger partial charge is 0.346 e. The molecule has 1 saturated carbocycles. The summed E-state index contributed by atoms with van der Waals surface area (Å²) in [4.78, 5) is 31.2. The van der Waals surface area contributed by atoms with Gasteiger partial charge < -0.3 is 5.32 Å². The van der Waals surface area contributed by atoms with E-state index in [1.54, 1.807) is 0 Å². The minimum Gasteiger partial charge on any atom is -0.346 e. The molecule has 2 aliphatic carbocycles. The highest BCUT2D eigenvalue weighted by Gasteiger charge is 2.67. The van der Waals surface area contributed by atoms with Crippen LogP contribution in [0.2, 0.25) is 0 Å². The lowest BCUT2D eigenvalue weighted by Crippen LogP contribution is -2.36. The van der Waals surface area contributed by atoms with Crippen molar-refractivity contribution in [3.63, 3.8) is 0 Å². The van der Waals surface area contributed by atoms with E-state index in [1.165, 1.54) is 32.2 Å². The zero-order valence-corrected chi connectivity index (χ0v) is 28.4. The van der Waals surface area contributed by atoms with E-state index in [4.69, 9.17) is 0 Å². The number of carbonyl (C=O) groups excluding carboxylic acids is 2. The molecular formula is C34H28F7N7O4S. The number of aromatic nitrogens is 5. The highest BCUT2D eigenvalue weighted by atomic mass is 32.2. The number of hydrogen-bond acceptors (Lipinski definition) is 7. The molecule has 0 radical (unpaired) electrons. The van der Waals surface area contributed by atoms with Gasteiger partial charge in [-0.25, -0.2) is 40.1 Å². The third-order valence-corrected chi connectivity index (χ3v) is 11.0. The zero-order valence-electron chi connectivity index (χ0n) is 27.6. The van der Waals surface area contributed by atoms with Crippen LogP contribution in [0, 0.1) is 23.4 Å². The van der Waals surface area contributed by atoms with E-state index < -0.39 is 98.3 Å². The number of amides is 2. The van der Waals surface area contributed by atoms with Crippen LogP contribution in [0.3, 0.4) is 0 Å². The quantitative estimate of drug-likeness (QED) is 0.141. The summed E-state index contributed by atoms with van der Waals surface area (Å²) in [6.07, 6.45) is -2.23. The van der Waals surface area contributed by atoms with Crippen molar-refractivity contribution in [3.05, 3.63) is 99.9 Å². The number of H-pyrrole nitrogens is 1. The van der Waals surface area contributed by atoms with Crippen LogP contribution < -0.4 is 10.0 Å². The maximum atomic E-state index is 15.2. The van der Waals surface area contributed by atoms with E-state index in [1.807, 2.05) is 4.72 Å². The van der Waals surface area contributed by atoms with E-state index in [2.05, 4.69) is 25.6 Å². The van der Waals surface area contributed by atoms with Crippen LogP contribution in [-0.4, -0.2) is 50.4 Å². The Morgan fingerprint density at radius 3 is 2.43 bits per heavy atom. The molecule has 3 heterocycles. The Bertz CT molecular complexity index is 2390. The number of sulfonamides is 1. The molecule has 7 rings (SSSR count). The Kier molecular flexibility index (Phi) is 8.81. The monoisotopic (exact) mass is 763 g/mol. The molecule has 0 bridgehead atoms. The van der Waals surface area contributed by atoms with Crippen LogP contribution >= 0.6 is 0 Å². The van der Waals surface area contributed by atoms with Gasteiger partial charge in [0.25, 0.3) is 18.3 Å². The maximum absolute atomic E-state index is 15.2. The number of pyridine rings is 1. The molecule has 2 amide bonds. The van der Waals surface area contributed by atoms with Crippen LogP contribution in [0.25, 0.3) is 22.2 Å². The van der Waals surface area contributed by atoms with Crippen molar-refractivity contribution in [1.29, 1.82) is 0 Å². The summed E-state index contributed by atoms with van der Waals surface area (Å²) in [6.45, 7) is 1.68. The number of fused-ring (bicyclic) bond motifs is 4. The van der Waals surface area contributed by atoms with Gasteiger partial charge in [0.1, 0.15) is 40.9 Å². The Morgan fingerprint density at radius 2 is 1.75 bits per heavy atom. The fourth-order valence-electron chi connectivity index (χ4n) is 6.69. The lowest BCUT2D eigenvalue weighted by Gasteiger charge is -2.23. The average molecular weight is 764 g/mol. The normalized spacial score (nSPS) is 17.9. The number of carbonyl (C=O) groups is 2. The zero-order chi connectivity index (χ0) is 38.1. The summed E-state index contributed by atoms with van der Waals surface area (Å²) in [5, 5.41) is 11.9. The Labute approximate surface area is 296 Å². The number of aromatic amines is 1. The molecule has 11 nitrogen and oxygen atoms in total. The minimum atomic E-state index is -4.18. The molecule has 0 spiro atoms. The summed E-state index contributed by atoms with van der Waals surface area (Å²) < 4.78 is 129. The smallest absolute Gasteiger partial charge is 0.293 e. The third-order valence-electron chi connectivity index (χ3n) is 9.32. The lowest BCUT2D eigenvalue weighted by molar-refractivity contribution is -0.123. The van der Waals surface area contributed by atoms with Gasteiger partial charge in [0.2, 0.25) is 15.9 Å². The van der Waals surface area contributed by atoms with Crippen molar-refractivity contribution in [2.24, 2.45) is 5.92 Å². The molecular weight excluding hydrogens is 735 g/mol. The van der Waals surface area contributed by atoms with Crippen molar-refractivity contribution >= 4 is 32.9 Å². The SMILES string of the molecule is CC(C)S(=O)(=O)NC(=O)c1cc(-c2cc3[nH]ncc3nc2C(Cc2cc(F)cc(F)c2)NC(=O)Cn2nc(C(F)F)c3c2C(F)(F)[C@@H]2C[C@H]32)ccc1F. The van der Waals surface area contributed by atoms with Crippen molar-refractivity contribution in [3.8, 4) is 11.1 Å². The first kappa shape index (κ1) is 36.0. The molecule has 3 atom stereocenters. The van der Waals surface area contributed by atoms with Gasteiger partial charge in [-0.15, -0.1) is 0 Å². The number of halogens is 7. The van der Waals surface area contributed by atoms with Crippen LogP contribution in [-0.2, 0) is 33.7 Å². The molecule has 19 heteroatoms. The summed E-state index contributed by atoms with van der Waals surface area (Å²) in [5.41, 5.74) is -1.86. The molecule has 0 saturated heterocycles. The molecule has 3 aromatic heterocycles. The first-order valence-electron chi connectivity index (χ1n) is 16.2. The first-order chi connectivity index (χ1) is 24.9. The fourth-order valence-corrected chi connectivity index (χ4v) is 7.30. The molecule has 1 unspecified atom stereocenters. The van der Waals surface area contributed by atoms with Gasteiger partial charge in [-0.05, 0) is 74.1 Å². The molecule has 1 fully saturated rings. The van der Waals surface area contributed by atoms with Gasteiger partial charge in [0.15, 0.2) is 0 Å². The van der Waals surface area contributed by atoms with Crippen LogP contribution in [0.15, 0.2) is 48.7 Å². The number of alkyl halides is 4. The Hall–Kier alpha value is -5.33.